The van der Waals surface area contributed by atoms with E-state index < -0.39 is 0 Å². The lowest BCUT2D eigenvalue weighted by Gasteiger charge is -2.35. The Morgan fingerprint density at radius 3 is 2.70 bits per heavy atom. The van der Waals surface area contributed by atoms with Crippen molar-refractivity contribution in [2.75, 3.05) is 25.5 Å². The largest absolute Gasteiger partial charge is 0.382 e. The highest BCUT2D eigenvalue weighted by Crippen LogP contribution is 2.27. The Labute approximate surface area is 183 Å². The number of hydrazine groups is 1. The molecule has 1 aliphatic heterocycles. The highest BCUT2D eigenvalue weighted by molar-refractivity contribution is 7.97. The van der Waals surface area contributed by atoms with E-state index in [1.54, 1.807) is 6.92 Å². The highest BCUT2D eigenvalue weighted by atomic mass is 32.2. The van der Waals surface area contributed by atoms with E-state index in [9.17, 15) is 4.79 Å². The third-order valence-electron chi connectivity index (χ3n) is 5.89. The van der Waals surface area contributed by atoms with E-state index in [0.29, 0.717) is 18.4 Å². The van der Waals surface area contributed by atoms with Crippen LogP contribution in [0.5, 0.6) is 0 Å². The quantitative estimate of drug-likeness (QED) is 0.172. The smallest absolute Gasteiger partial charge is 0.219 e. The van der Waals surface area contributed by atoms with Gasteiger partial charge in [-0.2, -0.15) is 0 Å². The number of carbonyl (C=O) groups is 1. The maximum absolute atomic E-state index is 11.7. The molecular weight excluding hydrogens is 398 g/mol. The number of nitrogens with one attached hydrogen (secondary N) is 2. The molecule has 6 N–H and O–H groups in total. The van der Waals surface area contributed by atoms with Crippen molar-refractivity contribution in [3.05, 3.63) is 23.8 Å². The number of amides is 1. The minimum Gasteiger partial charge on any atom is -0.382 e. The molecule has 8 nitrogen and oxygen atoms in total. The number of amidine groups is 1. The fourth-order valence-corrected chi connectivity index (χ4v) is 4.77. The molecule has 1 atom stereocenters. The molecule has 3 rings (SSSR count). The van der Waals surface area contributed by atoms with Crippen molar-refractivity contribution >= 4 is 29.4 Å². The topological polar surface area (TPSA) is 112 Å². The first-order valence-electron chi connectivity index (χ1n) is 10.9. The number of hydrogen-bond acceptors (Lipinski definition) is 7. The highest BCUT2D eigenvalue weighted by Gasteiger charge is 2.25. The number of carbonyl (C=O) groups excluding carboxylic acids is 1. The van der Waals surface area contributed by atoms with Crippen LogP contribution in [0.1, 0.15) is 57.4 Å². The van der Waals surface area contributed by atoms with Gasteiger partial charge < -0.3 is 16.0 Å². The number of hydrogen-bond donors (Lipinski definition) is 4. The van der Waals surface area contributed by atoms with Crippen molar-refractivity contribution in [2.45, 2.75) is 68.8 Å². The van der Waals surface area contributed by atoms with E-state index in [1.807, 2.05) is 18.0 Å². The Kier molecular flexibility index (Phi) is 8.24. The second kappa shape index (κ2) is 10.9. The number of hydrazone groups is 1. The molecule has 0 aromatic heterocycles. The average Bonchev–Trinajstić information content (AvgIpc) is 2.75. The molecule has 1 aromatic carbocycles. The lowest BCUT2D eigenvalue weighted by Crippen LogP contribution is -2.50. The Morgan fingerprint density at radius 1 is 1.23 bits per heavy atom. The number of anilines is 1. The van der Waals surface area contributed by atoms with E-state index in [1.165, 1.54) is 49.2 Å². The summed E-state index contributed by atoms with van der Waals surface area (Å²) in [5.41, 5.74) is 8.29. The van der Waals surface area contributed by atoms with Crippen molar-refractivity contribution in [2.24, 2.45) is 16.7 Å². The number of rotatable bonds is 7. The average molecular weight is 434 g/mol. The molecule has 1 unspecified atom stereocenters. The molecule has 1 heterocycles. The van der Waals surface area contributed by atoms with Gasteiger partial charge in [0.2, 0.25) is 5.91 Å². The van der Waals surface area contributed by atoms with Crippen LogP contribution >= 0.6 is 11.9 Å². The summed E-state index contributed by atoms with van der Waals surface area (Å²) in [6, 6.07) is 6.62. The van der Waals surface area contributed by atoms with Crippen molar-refractivity contribution in [1.82, 2.24) is 14.7 Å². The van der Waals surface area contributed by atoms with Gasteiger partial charge in [0, 0.05) is 42.2 Å². The second-order valence-electron chi connectivity index (χ2n) is 8.12. The summed E-state index contributed by atoms with van der Waals surface area (Å²) in [7, 11) is 1.89. The third kappa shape index (κ3) is 6.02. The summed E-state index contributed by atoms with van der Waals surface area (Å²) in [5, 5.41) is 9.63. The van der Waals surface area contributed by atoms with Gasteiger partial charge in [-0.3, -0.25) is 9.52 Å². The summed E-state index contributed by atoms with van der Waals surface area (Å²) in [6.07, 6.45) is 7.98. The molecule has 0 spiro atoms. The minimum absolute atomic E-state index is 0.0363. The normalized spacial score (nSPS) is 20.8. The van der Waals surface area contributed by atoms with Crippen molar-refractivity contribution in [1.29, 1.82) is 0 Å². The maximum atomic E-state index is 11.7. The van der Waals surface area contributed by atoms with Crippen LogP contribution in [0.15, 0.2) is 28.2 Å². The molecule has 1 saturated carbocycles. The van der Waals surface area contributed by atoms with Gasteiger partial charge in [-0.05, 0) is 62.9 Å². The molecule has 2 fully saturated rings. The van der Waals surface area contributed by atoms with Gasteiger partial charge in [-0.1, -0.05) is 19.3 Å². The first kappa shape index (κ1) is 22.7. The predicted octanol–water partition coefficient (Wildman–Crippen LogP) is 2.46. The third-order valence-corrected chi connectivity index (χ3v) is 6.58. The lowest BCUT2D eigenvalue weighted by molar-refractivity contribution is -0.131. The number of nitrogens with two attached hydrogens (primary N) is 2. The molecular formula is C21H35N7OS. The van der Waals surface area contributed by atoms with Crippen LogP contribution in [0.3, 0.4) is 0 Å². The monoisotopic (exact) mass is 433 g/mol. The van der Waals surface area contributed by atoms with Gasteiger partial charge in [-0.25, -0.2) is 11.0 Å². The molecule has 1 aliphatic carbocycles. The van der Waals surface area contributed by atoms with Crippen LogP contribution in [0.25, 0.3) is 0 Å². The minimum atomic E-state index is -0.0363. The molecule has 9 heteroatoms. The van der Waals surface area contributed by atoms with Crippen molar-refractivity contribution < 1.29 is 4.79 Å². The molecule has 0 radical (unpaired) electrons. The number of benzene rings is 1. The predicted molar refractivity (Wildman–Crippen MR) is 124 cm³/mol. The van der Waals surface area contributed by atoms with Crippen LogP contribution in [0.2, 0.25) is 0 Å². The van der Waals surface area contributed by atoms with Crippen LogP contribution in [-0.4, -0.2) is 54.0 Å². The van der Waals surface area contributed by atoms with E-state index in [0.717, 1.165) is 35.5 Å². The zero-order valence-corrected chi connectivity index (χ0v) is 18.9. The fraction of sp³-hybridized carbons (Fsp3) is 0.619. The Bertz CT molecular complexity index is 751. The van der Waals surface area contributed by atoms with E-state index in [4.69, 9.17) is 11.6 Å². The maximum Gasteiger partial charge on any atom is 0.219 e. The summed E-state index contributed by atoms with van der Waals surface area (Å²) in [6.45, 7) is 2.94. The lowest BCUT2D eigenvalue weighted by atomic mass is 9.95. The van der Waals surface area contributed by atoms with Gasteiger partial charge in [-0.15, -0.1) is 5.10 Å². The molecule has 0 bridgehead atoms. The van der Waals surface area contributed by atoms with Crippen LogP contribution in [-0.2, 0) is 4.79 Å². The van der Waals surface area contributed by atoms with Crippen LogP contribution in [0, 0.1) is 0 Å². The van der Waals surface area contributed by atoms with Crippen LogP contribution < -0.4 is 21.6 Å². The van der Waals surface area contributed by atoms with E-state index in [-0.39, 0.29) is 11.9 Å². The van der Waals surface area contributed by atoms with Crippen LogP contribution in [0.4, 0.5) is 5.69 Å². The first-order chi connectivity index (χ1) is 14.5. The molecule has 30 heavy (non-hydrogen) atoms. The van der Waals surface area contributed by atoms with E-state index in [2.05, 4.69) is 27.3 Å². The molecule has 2 aliphatic rings. The van der Waals surface area contributed by atoms with Gasteiger partial charge in [0.15, 0.2) is 5.84 Å². The van der Waals surface area contributed by atoms with E-state index >= 15 is 0 Å². The van der Waals surface area contributed by atoms with Crippen molar-refractivity contribution in [3.8, 4) is 0 Å². The Morgan fingerprint density at radius 2 is 2.00 bits per heavy atom. The molecule has 1 aromatic rings. The Hall–Kier alpha value is -1.97. The zero-order valence-electron chi connectivity index (χ0n) is 18.1. The summed E-state index contributed by atoms with van der Waals surface area (Å²) in [4.78, 5) is 14.6. The van der Waals surface area contributed by atoms with Gasteiger partial charge in [0.05, 0.1) is 6.04 Å². The fourth-order valence-electron chi connectivity index (χ4n) is 4.23. The molecule has 1 saturated heterocycles. The first-order valence-corrected chi connectivity index (χ1v) is 11.7. The number of nitrogens with zero attached hydrogens (tertiary/aromatic N) is 3. The van der Waals surface area contributed by atoms with Gasteiger partial charge in [0.1, 0.15) is 0 Å². The summed E-state index contributed by atoms with van der Waals surface area (Å²) < 4.78 is 3.10. The summed E-state index contributed by atoms with van der Waals surface area (Å²) >= 11 is 1.53. The van der Waals surface area contributed by atoms with Gasteiger partial charge in [0.25, 0.3) is 0 Å². The molecule has 166 valence electrons. The number of likely N-dealkylation sites (tertiary alicyclic amines) is 1. The second-order valence-corrected chi connectivity index (χ2v) is 9.20. The number of piperidine rings is 1. The SMILES string of the molecule is CNSc1ccc(NC2CCCCC2)c(/C(N)=N/N(N)C2CCCN(C(C)=O)C2)c1. The molecule has 1 amide bonds. The van der Waals surface area contributed by atoms with Gasteiger partial charge >= 0.3 is 0 Å². The van der Waals surface area contributed by atoms with Crippen molar-refractivity contribution in [3.63, 3.8) is 0 Å². The summed E-state index contributed by atoms with van der Waals surface area (Å²) in [5.74, 6) is 6.72. The Balaban J connectivity index is 1.79. The zero-order chi connectivity index (χ0) is 21.5. The standard InChI is InChI=1S/C21H35N7OS/c1-15(29)27-12-6-9-17(14-27)28(23)26-21(22)19-13-18(30-24-2)10-11-20(19)25-16-7-4-3-5-8-16/h10-11,13,16-17,24-25H,3-9,12,14,23H2,1-2H3,(H2,22,26).